The zero-order chi connectivity index (χ0) is 6.57. The molecule has 46 valence electrons. The summed E-state index contributed by atoms with van der Waals surface area (Å²) in [6.07, 6.45) is 3.51. The third kappa shape index (κ3) is 6.06. The van der Waals surface area contributed by atoms with E-state index in [1.54, 1.807) is 26.0 Å². The molecule has 0 aromatic carbocycles. The normalized spacial score (nSPS) is 14.5. The molecule has 0 aromatic rings. The van der Waals surface area contributed by atoms with Gasteiger partial charge in [-0.25, -0.2) is 0 Å². The van der Waals surface area contributed by atoms with E-state index in [1.165, 1.54) is 0 Å². The number of hydrogen-bond donors (Lipinski definition) is 0. The molecule has 0 saturated carbocycles. The second-order valence-corrected chi connectivity index (χ2v) is 2.70. The first-order valence-electron chi connectivity index (χ1n) is 2.29. The fourth-order valence-electron chi connectivity index (χ4n) is 0.230. The van der Waals surface area contributed by atoms with Gasteiger partial charge in [-0.05, 0) is 26.0 Å². The SMILES string of the molecule is C/C(Cl)=C/C=C(/C)Cl. The fraction of sp³-hybridized carbons (Fsp3) is 0.333. The molecular formula is C6H8Cl2. The fourth-order valence-corrected chi connectivity index (χ4v) is 0.356. The molecule has 0 heterocycles. The van der Waals surface area contributed by atoms with Gasteiger partial charge in [-0.1, -0.05) is 23.2 Å². The lowest BCUT2D eigenvalue weighted by Crippen LogP contribution is -1.57. The van der Waals surface area contributed by atoms with Crippen molar-refractivity contribution in [3.63, 3.8) is 0 Å². The van der Waals surface area contributed by atoms with E-state index in [0.29, 0.717) is 0 Å². The highest BCUT2D eigenvalue weighted by Crippen LogP contribution is 2.02. The van der Waals surface area contributed by atoms with Gasteiger partial charge in [-0.15, -0.1) is 0 Å². The predicted molar refractivity (Wildman–Crippen MR) is 39.2 cm³/mol. The molecule has 0 nitrogen and oxygen atoms in total. The maximum Gasteiger partial charge on any atom is 0.0150 e. The van der Waals surface area contributed by atoms with Gasteiger partial charge in [0.25, 0.3) is 0 Å². The second kappa shape index (κ2) is 3.99. The summed E-state index contributed by atoms with van der Waals surface area (Å²) in [7, 11) is 0. The van der Waals surface area contributed by atoms with Crippen molar-refractivity contribution in [2.45, 2.75) is 13.8 Å². The molecule has 0 radical (unpaired) electrons. The molecule has 2 heteroatoms. The highest BCUT2D eigenvalue weighted by molar-refractivity contribution is 6.30. The van der Waals surface area contributed by atoms with Crippen LogP contribution in [0, 0.1) is 0 Å². The van der Waals surface area contributed by atoms with Crippen LogP contribution in [-0.4, -0.2) is 0 Å². The molecule has 8 heavy (non-hydrogen) atoms. The Kier molecular flexibility index (Phi) is 4.02. The first-order chi connectivity index (χ1) is 3.63. The number of rotatable bonds is 1. The van der Waals surface area contributed by atoms with Crippen LogP contribution in [0.2, 0.25) is 0 Å². The summed E-state index contributed by atoms with van der Waals surface area (Å²) in [5.41, 5.74) is 0. The van der Waals surface area contributed by atoms with Crippen molar-refractivity contribution in [1.29, 1.82) is 0 Å². The number of halogens is 2. The third-order valence-corrected chi connectivity index (χ3v) is 0.795. The molecule has 0 aliphatic rings. The highest BCUT2D eigenvalue weighted by atomic mass is 35.5. The molecule has 0 aliphatic carbocycles. The molecule has 0 aliphatic heterocycles. The van der Waals surface area contributed by atoms with Gasteiger partial charge < -0.3 is 0 Å². The van der Waals surface area contributed by atoms with E-state index in [0.717, 1.165) is 10.1 Å². The summed E-state index contributed by atoms with van der Waals surface area (Å²) in [5.74, 6) is 0. The Morgan fingerprint density at radius 1 is 1.00 bits per heavy atom. The van der Waals surface area contributed by atoms with E-state index in [4.69, 9.17) is 23.2 Å². The van der Waals surface area contributed by atoms with Crippen LogP contribution in [0.3, 0.4) is 0 Å². The molecule has 0 bridgehead atoms. The first-order valence-corrected chi connectivity index (χ1v) is 3.04. The van der Waals surface area contributed by atoms with Crippen molar-refractivity contribution in [2.75, 3.05) is 0 Å². The Morgan fingerprint density at radius 3 is 1.38 bits per heavy atom. The van der Waals surface area contributed by atoms with Crippen molar-refractivity contribution >= 4 is 23.2 Å². The standard InChI is InChI=1S/C6H8Cl2/c1-5(7)3-4-6(2)8/h3-4H,1-2H3/b5-3-,6-4-. The van der Waals surface area contributed by atoms with Crippen LogP contribution in [-0.2, 0) is 0 Å². The van der Waals surface area contributed by atoms with E-state index in [2.05, 4.69) is 0 Å². The quantitative estimate of drug-likeness (QED) is 0.504. The summed E-state index contributed by atoms with van der Waals surface area (Å²) >= 11 is 11.0. The molecule has 0 spiro atoms. The molecule has 0 amide bonds. The van der Waals surface area contributed by atoms with E-state index < -0.39 is 0 Å². The lowest BCUT2D eigenvalue weighted by Gasteiger charge is -1.80. The minimum absolute atomic E-state index is 0.741. The summed E-state index contributed by atoms with van der Waals surface area (Å²) in [4.78, 5) is 0. The van der Waals surface area contributed by atoms with E-state index in [9.17, 15) is 0 Å². The van der Waals surface area contributed by atoms with Gasteiger partial charge in [-0.3, -0.25) is 0 Å². The van der Waals surface area contributed by atoms with Crippen LogP contribution in [0.1, 0.15) is 13.8 Å². The molecule has 0 unspecified atom stereocenters. The minimum Gasteiger partial charge on any atom is -0.0895 e. The van der Waals surface area contributed by atoms with E-state index in [1.807, 2.05) is 0 Å². The zero-order valence-corrected chi connectivity index (χ0v) is 6.42. The van der Waals surface area contributed by atoms with Crippen molar-refractivity contribution in [1.82, 2.24) is 0 Å². The topological polar surface area (TPSA) is 0 Å². The molecule has 0 atom stereocenters. The summed E-state index contributed by atoms with van der Waals surface area (Å²) < 4.78 is 0. The largest absolute Gasteiger partial charge is 0.0895 e. The third-order valence-electron chi connectivity index (χ3n) is 0.543. The van der Waals surface area contributed by atoms with Gasteiger partial charge in [0.05, 0.1) is 0 Å². The van der Waals surface area contributed by atoms with Gasteiger partial charge in [0.15, 0.2) is 0 Å². The summed E-state index contributed by atoms with van der Waals surface area (Å²) in [6, 6.07) is 0. The maximum atomic E-state index is 5.48. The zero-order valence-electron chi connectivity index (χ0n) is 4.91. The Hall–Kier alpha value is 0.0600. The summed E-state index contributed by atoms with van der Waals surface area (Å²) in [6.45, 7) is 3.61. The molecule has 0 rings (SSSR count). The Morgan fingerprint density at radius 2 is 1.25 bits per heavy atom. The molecule has 0 aromatic heterocycles. The van der Waals surface area contributed by atoms with Gasteiger partial charge in [0.2, 0.25) is 0 Å². The monoisotopic (exact) mass is 150 g/mol. The lowest BCUT2D eigenvalue weighted by atomic mass is 10.4. The highest BCUT2D eigenvalue weighted by Gasteiger charge is 1.75. The van der Waals surface area contributed by atoms with Crippen LogP contribution >= 0.6 is 23.2 Å². The molecular weight excluding hydrogens is 143 g/mol. The van der Waals surface area contributed by atoms with Crippen LogP contribution < -0.4 is 0 Å². The molecule has 0 saturated heterocycles. The Labute approximate surface area is 59.8 Å². The van der Waals surface area contributed by atoms with Crippen LogP contribution in [0.5, 0.6) is 0 Å². The Bertz CT molecular complexity index is 98.5. The van der Waals surface area contributed by atoms with Gasteiger partial charge in [-0.2, -0.15) is 0 Å². The van der Waals surface area contributed by atoms with E-state index in [-0.39, 0.29) is 0 Å². The number of allylic oxidation sites excluding steroid dienone is 4. The maximum absolute atomic E-state index is 5.48. The Balaban J connectivity index is 3.76. The van der Waals surface area contributed by atoms with Crippen molar-refractivity contribution in [3.8, 4) is 0 Å². The van der Waals surface area contributed by atoms with Gasteiger partial charge >= 0.3 is 0 Å². The minimum atomic E-state index is 0.741. The average Bonchev–Trinajstić information content (AvgIpc) is 1.61. The second-order valence-electron chi connectivity index (χ2n) is 1.51. The van der Waals surface area contributed by atoms with Crippen LogP contribution in [0.25, 0.3) is 0 Å². The lowest BCUT2D eigenvalue weighted by molar-refractivity contribution is 1.61. The molecule has 0 fully saturated rings. The van der Waals surface area contributed by atoms with Gasteiger partial charge in [0.1, 0.15) is 0 Å². The average molecular weight is 151 g/mol. The summed E-state index contributed by atoms with van der Waals surface area (Å²) in [5, 5.41) is 1.48. The van der Waals surface area contributed by atoms with E-state index >= 15 is 0 Å². The molecule has 0 N–H and O–H groups in total. The van der Waals surface area contributed by atoms with Crippen molar-refractivity contribution in [3.05, 3.63) is 22.2 Å². The van der Waals surface area contributed by atoms with Crippen molar-refractivity contribution < 1.29 is 0 Å². The van der Waals surface area contributed by atoms with Gasteiger partial charge in [0, 0.05) is 10.1 Å². The van der Waals surface area contributed by atoms with Crippen molar-refractivity contribution in [2.24, 2.45) is 0 Å². The smallest absolute Gasteiger partial charge is 0.0150 e. The predicted octanol–water partition coefficient (Wildman–Crippen LogP) is 3.27. The number of hydrogen-bond acceptors (Lipinski definition) is 0. The van der Waals surface area contributed by atoms with Crippen LogP contribution in [0.4, 0.5) is 0 Å². The first kappa shape index (κ1) is 8.06. The van der Waals surface area contributed by atoms with Crippen LogP contribution in [0.15, 0.2) is 22.2 Å².